The van der Waals surface area contributed by atoms with Gasteiger partial charge in [0.15, 0.2) is 27.0 Å². The zero-order valence-electron chi connectivity index (χ0n) is 21.9. The first-order valence-electron chi connectivity index (χ1n) is 12.2. The molecule has 0 bridgehead atoms. The fourth-order valence-corrected chi connectivity index (χ4v) is 5.47. The molecule has 11 nitrogen and oxygen atoms in total. The van der Waals surface area contributed by atoms with Crippen molar-refractivity contribution >= 4 is 21.1 Å². The van der Waals surface area contributed by atoms with Crippen LogP contribution in [0.15, 0.2) is 60.9 Å². The van der Waals surface area contributed by atoms with E-state index in [1.54, 1.807) is 41.0 Å². The number of sulfone groups is 1. The number of rotatable bonds is 10. The van der Waals surface area contributed by atoms with Crippen LogP contribution in [0.2, 0.25) is 0 Å². The number of halogens is 1. The van der Waals surface area contributed by atoms with Gasteiger partial charge in [0.05, 0.1) is 56.1 Å². The summed E-state index contributed by atoms with van der Waals surface area (Å²) in [5, 5.41) is 0. The van der Waals surface area contributed by atoms with Crippen molar-refractivity contribution in [3.8, 4) is 34.6 Å². The minimum atomic E-state index is -3.72. The van der Waals surface area contributed by atoms with Crippen molar-refractivity contribution in [2.24, 2.45) is 0 Å². The van der Waals surface area contributed by atoms with Crippen LogP contribution in [-0.2, 0) is 21.3 Å². The summed E-state index contributed by atoms with van der Waals surface area (Å²) in [7, 11) is -0.673. The second-order valence-corrected chi connectivity index (χ2v) is 10.6. The summed E-state index contributed by atoms with van der Waals surface area (Å²) >= 11 is 0. The van der Waals surface area contributed by atoms with E-state index in [-0.39, 0.29) is 28.4 Å². The number of hydrogen-bond donors (Lipinski definition) is 0. The zero-order chi connectivity index (χ0) is 28.3. The van der Waals surface area contributed by atoms with Crippen LogP contribution in [0.25, 0.3) is 28.5 Å². The number of ether oxygens (including phenoxy) is 3. The smallest absolute Gasteiger partial charge is 0.213 e. The first-order chi connectivity index (χ1) is 19.3. The third-order valence-corrected chi connectivity index (χ3v) is 7.29. The van der Waals surface area contributed by atoms with Gasteiger partial charge in [-0.25, -0.2) is 32.7 Å². The van der Waals surface area contributed by atoms with Gasteiger partial charge in [0.25, 0.3) is 0 Å². The standard InChI is InChI=1S/C27H25FN6O5S/c1-4-39-23-10-5-7-20(32-23)26-33-25-27(34(26)24-21(37-2)8-6-9-22(24)38-3)31-19(14-30-25)16-40(35,36)15-18-12-11-17(28)13-29-18/h5-14H,4,15-16H2,1-3H3. The first kappa shape index (κ1) is 26.9. The predicted molar refractivity (Wildman–Crippen MR) is 145 cm³/mol. The van der Waals surface area contributed by atoms with E-state index in [0.717, 1.165) is 6.20 Å². The molecule has 0 amide bonds. The minimum Gasteiger partial charge on any atom is -0.494 e. The Morgan fingerprint density at radius 2 is 1.57 bits per heavy atom. The van der Waals surface area contributed by atoms with Crippen LogP contribution in [0.5, 0.6) is 17.4 Å². The SMILES string of the molecule is CCOc1cccc(-c2nc3ncc(CS(=O)(=O)Cc4ccc(F)cn4)nc3n2-c2c(OC)cccc2OC)n1. The van der Waals surface area contributed by atoms with Crippen molar-refractivity contribution in [2.45, 2.75) is 18.4 Å². The van der Waals surface area contributed by atoms with Crippen molar-refractivity contribution in [1.82, 2.24) is 29.5 Å². The maximum atomic E-state index is 13.2. The highest BCUT2D eigenvalue weighted by Crippen LogP contribution is 2.37. The van der Waals surface area contributed by atoms with Crippen LogP contribution in [-0.4, -0.2) is 58.7 Å². The summed E-state index contributed by atoms with van der Waals surface area (Å²) in [6.45, 7) is 2.29. The Labute approximate surface area is 229 Å². The van der Waals surface area contributed by atoms with E-state index >= 15 is 0 Å². The van der Waals surface area contributed by atoms with Crippen LogP contribution in [0.1, 0.15) is 18.3 Å². The fourth-order valence-electron chi connectivity index (χ4n) is 4.15. The third-order valence-electron chi connectivity index (χ3n) is 5.82. The topological polar surface area (TPSA) is 131 Å². The summed E-state index contributed by atoms with van der Waals surface area (Å²) in [6.07, 6.45) is 2.34. The van der Waals surface area contributed by atoms with E-state index < -0.39 is 21.4 Å². The van der Waals surface area contributed by atoms with Gasteiger partial charge in [-0.3, -0.25) is 9.55 Å². The fraction of sp³-hybridized carbons (Fsp3) is 0.222. The Kier molecular flexibility index (Phi) is 7.56. The van der Waals surface area contributed by atoms with Crippen LogP contribution in [0, 0.1) is 5.82 Å². The molecule has 4 aromatic heterocycles. The normalized spacial score (nSPS) is 11.5. The summed E-state index contributed by atoms with van der Waals surface area (Å²) in [5.41, 5.74) is 1.89. The molecule has 0 aliphatic carbocycles. The van der Waals surface area contributed by atoms with Crippen LogP contribution in [0.4, 0.5) is 4.39 Å². The van der Waals surface area contributed by atoms with E-state index in [2.05, 4.69) is 19.9 Å². The van der Waals surface area contributed by atoms with Gasteiger partial charge in [-0.2, -0.15) is 0 Å². The molecular formula is C27H25FN6O5S. The maximum Gasteiger partial charge on any atom is 0.213 e. The number of imidazole rings is 1. The van der Waals surface area contributed by atoms with E-state index in [0.29, 0.717) is 41.2 Å². The molecule has 13 heteroatoms. The van der Waals surface area contributed by atoms with Gasteiger partial charge in [0.1, 0.15) is 28.7 Å². The molecule has 5 aromatic rings. The monoisotopic (exact) mass is 564 g/mol. The van der Waals surface area contributed by atoms with E-state index in [9.17, 15) is 12.8 Å². The molecule has 0 spiro atoms. The largest absolute Gasteiger partial charge is 0.494 e. The lowest BCUT2D eigenvalue weighted by Gasteiger charge is -2.16. The lowest BCUT2D eigenvalue weighted by molar-refractivity contribution is 0.327. The Balaban J connectivity index is 1.66. The quantitative estimate of drug-likeness (QED) is 0.246. The molecule has 4 heterocycles. The van der Waals surface area contributed by atoms with Gasteiger partial charge < -0.3 is 14.2 Å². The molecule has 1 aromatic carbocycles. The molecule has 0 N–H and O–H groups in total. The highest BCUT2D eigenvalue weighted by molar-refractivity contribution is 7.89. The number of methoxy groups -OCH3 is 2. The number of hydrogen-bond acceptors (Lipinski definition) is 10. The number of fused-ring (bicyclic) bond motifs is 1. The summed E-state index contributed by atoms with van der Waals surface area (Å²) in [5.74, 6) is 0.353. The second kappa shape index (κ2) is 11.2. The van der Waals surface area contributed by atoms with Gasteiger partial charge in [0.2, 0.25) is 5.88 Å². The highest BCUT2D eigenvalue weighted by atomic mass is 32.2. The average Bonchev–Trinajstić information content (AvgIpc) is 3.32. The van der Waals surface area contributed by atoms with Crippen molar-refractivity contribution in [3.63, 3.8) is 0 Å². The van der Waals surface area contributed by atoms with Crippen molar-refractivity contribution in [1.29, 1.82) is 0 Å². The van der Waals surface area contributed by atoms with E-state index in [1.165, 1.54) is 32.5 Å². The number of pyridine rings is 2. The summed E-state index contributed by atoms with van der Waals surface area (Å²) < 4.78 is 57.7. The maximum absolute atomic E-state index is 13.2. The Morgan fingerprint density at radius 1 is 0.850 bits per heavy atom. The predicted octanol–water partition coefficient (Wildman–Crippen LogP) is 3.94. The van der Waals surface area contributed by atoms with Crippen molar-refractivity contribution < 1.29 is 27.0 Å². The average molecular weight is 565 g/mol. The highest BCUT2D eigenvalue weighted by Gasteiger charge is 2.25. The molecule has 0 saturated heterocycles. The van der Waals surface area contributed by atoms with E-state index in [4.69, 9.17) is 19.2 Å². The lowest BCUT2D eigenvalue weighted by Crippen LogP contribution is -2.11. The number of benzene rings is 1. The lowest BCUT2D eigenvalue weighted by atomic mass is 10.2. The number of aromatic nitrogens is 6. The molecule has 0 aliphatic rings. The zero-order valence-corrected chi connectivity index (χ0v) is 22.7. The molecule has 0 saturated carbocycles. The molecule has 0 unspecified atom stereocenters. The Bertz CT molecular complexity index is 1750. The van der Waals surface area contributed by atoms with Crippen LogP contribution >= 0.6 is 0 Å². The third kappa shape index (κ3) is 5.54. The first-order valence-corrected chi connectivity index (χ1v) is 14.0. The van der Waals surface area contributed by atoms with Crippen molar-refractivity contribution in [2.75, 3.05) is 20.8 Å². The van der Waals surface area contributed by atoms with Gasteiger partial charge >= 0.3 is 0 Å². The van der Waals surface area contributed by atoms with Gasteiger partial charge in [-0.15, -0.1) is 0 Å². The van der Waals surface area contributed by atoms with Crippen molar-refractivity contribution in [3.05, 3.63) is 78.1 Å². The summed E-state index contributed by atoms with van der Waals surface area (Å²) in [6, 6.07) is 13.1. The molecular weight excluding hydrogens is 539 g/mol. The molecule has 0 atom stereocenters. The van der Waals surface area contributed by atoms with Crippen LogP contribution < -0.4 is 14.2 Å². The number of para-hydroxylation sites is 1. The van der Waals surface area contributed by atoms with Crippen LogP contribution in [0.3, 0.4) is 0 Å². The molecule has 0 fully saturated rings. The molecule has 206 valence electrons. The molecule has 0 aliphatic heterocycles. The molecule has 5 rings (SSSR count). The second-order valence-electron chi connectivity index (χ2n) is 8.58. The van der Waals surface area contributed by atoms with E-state index in [1.807, 2.05) is 6.92 Å². The van der Waals surface area contributed by atoms with Gasteiger partial charge in [-0.05, 0) is 37.3 Å². The van der Waals surface area contributed by atoms with Gasteiger partial charge in [-0.1, -0.05) is 12.1 Å². The molecule has 40 heavy (non-hydrogen) atoms. The Morgan fingerprint density at radius 3 is 2.25 bits per heavy atom. The minimum absolute atomic E-state index is 0.187. The molecule has 0 radical (unpaired) electrons. The van der Waals surface area contributed by atoms with Gasteiger partial charge in [0, 0.05) is 6.07 Å². The summed E-state index contributed by atoms with van der Waals surface area (Å²) in [4.78, 5) is 22.2. The number of nitrogens with zero attached hydrogens (tertiary/aromatic N) is 6. The Hall–Kier alpha value is -4.65.